The molecule has 0 aliphatic carbocycles. The summed E-state index contributed by atoms with van der Waals surface area (Å²) in [6.45, 7) is 9.61. The van der Waals surface area contributed by atoms with E-state index in [1.54, 1.807) is 6.07 Å². The van der Waals surface area contributed by atoms with Gasteiger partial charge in [0.05, 0.1) is 0 Å². The van der Waals surface area contributed by atoms with Crippen LogP contribution < -0.4 is 13.7 Å². The van der Waals surface area contributed by atoms with E-state index in [-0.39, 0.29) is 18.2 Å². The molecule has 7 heteroatoms. The normalized spacial score (nSPS) is 11.8. The van der Waals surface area contributed by atoms with Gasteiger partial charge in [-0.2, -0.15) is 0 Å². The number of aromatic amines is 1. The molecule has 1 unspecified atom stereocenters. The SMILES string of the molecule is Cc1cc([AsH]c2cc3cc(C(=O)OC(C)C)ccc3c(OC(C)C)n2)n[nH]1. The van der Waals surface area contributed by atoms with E-state index in [1.807, 2.05) is 58.9 Å². The summed E-state index contributed by atoms with van der Waals surface area (Å²) in [5.41, 5.74) is 1.56. The van der Waals surface area contributed by atoms with E-state index in [0.29, 0.717) is 11.4 Å². The number of aryl methyl sites for hydroxylation is 1. The maximum absolute atomic E-state index is 12.3. The van der Waals surface area contributed by atoms with Crippen LogP contribution in [0.15, 0.2) is 30.3 Å². The van der Waals surface area contributed by atoms with Crippen molar-refractivity contribution in [1.29, 1.82) is 0 Å². The Kier molecular flexibility index (Phi) is 5.85. The molecule has 0 amide bonds. The van der Waals surface area contributed by atoms with Gasteiger partial charge in [0.25, 0.3) is 0 Å². The van der Waals surface area contributed by atoms with Crippen LogP contribution in [0.3, 0.4) is 0 Å². The Balaban J connectivity index is 2.03. The minimum atomic E-state index is -0.713. The molecule has 0 fully saturated rings. The molecule has 0 spiro atoms. The van der Waals surface area contributed by atoms with Crippen LogP contribution in [0, 0.1) is 6.92 Å². The first-order valence-electron chi connectivity index (χ1n) is 8.93. The van der Waals surface area contributed by atoms with Gasteiger partial charge in [-0.3, -0.25) is 0 Å². The van der Waals surface area contributed by atoms with Crippen molar-refractivity contribution >= 4 is 41.5 Å². The fraction of sp³-hybridized carbons (Fsp3) is 0.350. The van der Waals surface area contributed by atoms with Crippen LogP contribution in [-0.4, -0.2) is 49.1 Å². The number of rotatable bonds is 6. The van der Waals surface area contributed by atoms with Crippen molar-refractivity contribution in [3.05, 3.63) is 41.6 Å². The number of H-pyrrole nitrogens is 1. The van der Waals surface area contributed by atoms with Crippen LogP contribution in [0.1, 0.15) is 43.7 Å². The van der Waals surface area contributed by atoms with Crippen molar-refractivity contribution in [2.45, 2.75) is 46.8 Å². The van der Waals surface area contributed by atoms with Gasteiger partial charge < -0.3 is 0 Å². The van der Waals surface area contributed by atoms with Crippen LogP contribution in [-0.2, 0) is 4.74 Å². The topological polar surface area (TPSA) is 77.1 Å². The van der Waals surface area contributed by atoms with Crippen LogP contribution in [0.4, 0.5) is 0 Å². The standard InChI is InChI=1S/C20H24AsN3O3/c1-11(2)26-19-16-7-6-14(20(25)27-12(3)4)9-15(16)10-17(22-19)21-18-8-13(5)23-24-18/h6-12,21H,1-5H3,(H,23,24). The number of ether oxygens (including phenoxy) is 2. The number of hydrogen-bond donors (Lipinski definition) is 1. The quantitative estimate of drug-likeness (QED) is 0.479. The van der Waals surface area contributed by atoms with Gasteiger partial charge >= 0.3 is 165 Å². The first-order valence-corrected chi connectivity index (χ1v) is 11.0. The first kappa shape index (κ1) is 19.4. The summed E-state index contributed by atoms with van der Waals surface area (Å²) >= 11 is -0.713. The van der Waals surface area contributed by atoms with Crippen LogP contribution >= 0.6 is 0 Å². The Morgan fingerprint density at radius 3 is 2.48 bits per heavy atom. The molecule has 0 aliphatic heterocycles. The summed E-state index contributed by atoms with van der Waals surface area (Å²) < 4.78 is 13.2. The van der Waals surface area contributed by atoms with Crippen molar-refractivity contribution in [3.8, 4) is 5.88 Å². The van der Waals surface area contributed by atoms with E-state index in [2.05, 4.69) is 10.2 Å². The van der Waals surface area contributed by atoms with Gasteiger partial charge in [-0.15, -0.1) is 0 Å². The van der Waals surface area contributed by atoms with Gasteiger partial charge in [0.2, 0.25) is 0 Å². The summed E-state index contributed by atoms with van der Waals surface area (Å²) in [6, 6.07) is 9.55. The molecule has 2 heterocycles. The molecule has 1 aromatic carbocycles. The second kappa shape index (κ2) is 8.13. The maximum atomic E-state index is 12.3. The number of carbonyl (C=O) groups excluding carboxylic acids is 1. The molecule has 3 rings (SSSR count). The van der Waals surface area contributed by atoms with Gasteiger partial charge in [0, 0.05) is 0 Å². The second-order valence-corrected chi connectivity index (χ2v) is 9.60. The molecule has 0 saturated carbocycles. The molecule has 1 atom stereocenters. The third kappa shape index (κ3) is 4.89. The number of aromatic nitrogens is 3. The molecule has 0 aliphatic rings. The molecule has 1 N–H and O–H groups in total. The van der Waals surface area contributed by atoms with E-state index in [1.165, 1.54) is 0 Å². The summed E-state index contributed by atoms with van der Waals surface area (Å²) in [5.74, 6) is 0.271. The monoisotopic (exact) mass is 429 g/mol. The predicted octanol–water partition coefficient (Wildman–Crippen LogP) is 2.01. The Labute approximate surface area is 165 Å². The average Bonchev–Trinajstić information content (AvgIpc) is 2.98. The van der Waals surface area contributed by atoms with Crippen molar-refractivity contribution in [3.63, 3.8) is 0 Å². The fourth-order valence-corrected chi connectivity index (χ4v) is 4.82. The van der Waals surface area contributed by atoms with Gasteiger partial charge in [0.1, 0.15) is 0 Å². The summed E-state index contributed by atoms with van der Waals surface area (Å²) in [4.78, 5) is 17.0. The van der Waals surface area contributed by atoms with E-state index < -0.39 is 15.8 Å². The number of benzene rings is 1. The molecule has 142 valence electrons. The molecule has 0 radical (unpaired) electrons. The number of hydrogen-bond acceptors (Lipinski definition) is 5. The zero-order valence-electron chi connectivity index (χ0n) is 16.2. The van der Waals surface area contributed by atoms with Gasteiger partial charge in [-0.1, -0.05) is 0 Å². The molecule has 2 aromatic heterocycles. The van der Waals surface area contributed by atoms with E-state index >= 15 is 0 Å². The van der Waals surface area contributed by atoms with Crippen LogP contribution in [0.2, 0.25) is 0 Å². The third-order valence-corrected chi connectivity index (χ3v) is 5.83. The van der Waals surface area contributed by atoms with Gasteiger partial charge in [-0.05, 0) is 0 Å². The summed E-state index contributed by atoms with van der Waals surface area (Å²) in [6.07, 6.45) is -0.148. The van der Waals surface area contributed by atoms with Gasteiger partial charge in [0.15, 0.2) is 0 Å². The molecular weight excluding hydrogens is 405 g/mol. The number of pyridine rings is 1. The molecule has 0 saturated heterocycles. The van der Waals surface area contributed by atoms with Crippen molar-refractivity contribution in [2.75, 3.05) is 0 Å². The van der Waals surface area contributed by atoms with Crippen LogP contribution in [0.5, 0.6) is 5.88 Å². The number of nitrogens with one attached hydrogen (secondary N) is 1. The molecule has 0 bridgehead atoms. The first-order chi connectivity index (χ1) is 12.8. The number of esters is 1. The number of nitrogens with zero attached hydrogens (tertiary/aromatic N) is 2. The van der Waals surface area contributed by atoms with Crippen molar-refractivity contribution in [2.24, 2.45) is 0 Å². The molecule has 3 aromatic rings. The number of carbonyl (C=O) groups is 1. The van der Waals surface area contributed by atoms with Crippen molar-refractivity contribution < 1.29 is 14.3 Å². The Morgan fingerprint density at radius 1 is 1.07 bits per heavy atom. The predicted molar refractivity (Wildman–Crippen MR) is 108 cm³/mol. The second-order valence-electron chi connectivity index (χ2n) is 6.93. The van der Waals surface area contributed by atoms with Crippen molar-refractivity contribution in [1.82, 2.24) is 15.2 Å². The Bertz CT molecular complexity index is 966. The zero-order valence-corrected chi connectivity index (χ0v) is 18.3. The van der Waals surface area contributed by atoms with E-state index in [0.717, 1.165) is 25.4 Å². The van der Waals surface area contributed by atoms with E-state index in [4.69, 9.17) is 14.5 Å². The molecule has 27 heavy (non-hydrogen) atoms. The Hall–Kier alpha value is -2.33. The minimum absolute atomic E-state index is 0.00848. The number of fused-ring (bicyclic) bond motifs is 1. The van der Waals surface area contributed by atoms with Gasteiger partial charge in [-0.25, -0.2) is 0 Å². The summed E-state index contributed by atoms with van der Waals surface area (Å²) in [5, 5.41) is 9.12. The fourth-order valence-electron chi connectivity index (χ4n) is 2.63. The zero-order chi connectivity index (χ0) is 19.6. The molecule has 6 nitrogen and oxygen atoms in total. The molecular formula is C20H24AsN3O3. The summed E-state index contributed by atoms with van der Waals surface area (Å²) in [7, 11) is 0. The third-order valence-electron chi connectivity index (χ3n) is 3.68. The average molecular weight is 429 g/mol. The van der Waals surface area contributed by atoms with E-state index in [9.17, 15) is 4.79 Å². The Morgan fingerprint density at radius 2 is 1.85 bits per heavy atom. The van der Waals surface area contributed by atoms with Crippen LogP contribution in [0.25, 0.3) is 10.8 Å².